The van der Waals surface area contributed by atoms with Gasteiger partial charge in [0.25, 0.3) is 11.5 Å². The summed E-state index contributed by atoms with van der Waals surface area (Å²) in [6.45, 7) is 0.965. The summed E-state index contributed by atoms with van der Waals surface area (Å²) in [4.78, 5) is 42.4. The highest BCUT2D eigenvalue weighted by Crippen LogP contribution is 2.24. The second-order valence-corrected chi connectivity index (χ2v) is 8.48. The summed E-state index contributed by atoms with van der Waals surface area (Å²) in [5, 5.41) is 3.26. The van der Waals surface area contributed by atoms with Gasteiger partial charge in [0.1, 0.15) is 0 Å². The Balaban J connectivity index is 1.57. The third kappa shape index (κ3) is 4.69. The highest BCUT2D eigenvalue weighted by atomic mass is 16.5. The number of fused-ring (bicyclic) bond motifs is 1. The van der Waals surface area contributed by atoms with Crippen LogP contribution in [0.3, 0.4) is 0 Å². The average molecular weight is 469 g/mol. The molecule has 1 aliphatic rings. The van der Waals surface area contributed by atoms with E-state index < -0.39 is 5.91 Å². The zero-order valence-corrected chi connectivity index (χ0v) is 18.9. The summed E-state index contributed by atoms with van der Waals surface area (Å²) in [6, 6.07) is 21.0. The van der Waals surface area contributed by atoms with E-state index in [2.05, 4.69) is 10.3 Å². The number of hydrogen-bond donors (Lipinski definition) is 2. The minimum Gasteiger partial charge on any atom is -0.376 e. The largest absolute Gasteiger partial charge is 0.376 e. The first-order valence-electron chi connectivity index (χ1n) is 11.4. The molecular weight excluding hydrogens is 444 g/mol. The first kappa shape index (κ1) is 22.5. The number of rotatable bonds is 6. The fourth-order valence-corrected chi connectivity index (χ4v) is 4.25. The van der Waals surface area contributed by atoms with Gasteiger partial charge in [-0.15, -0.1) is 0 Å². The number of carbonyl (C=O) groups is 2. The number of amides is 2. The van der Waals surface area contributed by atoms with Crippen molar-refractivity contribution in [2.45, 2.75) is 25.5 Å². The van der Waals surface area contributed by atoms with Gasteiger partial charge in [0.05, 0.1) is 23.6 Å². The van der Waals surface area contributed by atoms with Gasteiger partial charge in [-0.3, -0.25) is 24.3 Å². The lowest BCUT2D eigenvalue weighted by atomic mass is 10.0. The van der Waals surface area contributed by atoms with Crippen molar-refractivity contribution >= 4 is 28.7 Å². The summed E-state index contributed by atoms with van der Waals surface area (Å²) in [5.41, 5.74) is 8.09. The van der Waals surface area contributed by atoms with Crippen molar-refractivity contribution in [1.29, 1.82) is 0 Å². The van der Waals surface area contributed by atoms with Gasteiger partial charge in [0, 0.05) is 17.7 Å². The fraction of sp³-hybridized carbons (Fsp3) is 0.185. The van der Waals surface area contributed by atoms with Gasteiger partial charge in [-0.05, 0) is 60.4 Å². The zero-order chi connectivity index (χ0) is 24.4. The molecule has 1 fully saturated rings. The minimum atomic E-state index is -0.498. The molecule has 0 bridgehead atoms. The molecule has 8 heteroatoms. The first-order chi connectivity index (χ1) is 17.0. The fourth-order valence-electron chi connectivity index (χ4n) is 4.25. The molecule has 5 rings (SSSR count). The molecule has 0 saturated carbocycles. The lowest BCUT2D eigenvalue weighted by Crippen LogP contribution is -2.31. The monoisotopic (exact) mass is 468 g/mol. The number of aromatic nitrogens is 2. The Kier molecular flexibility index (Phi) is 6.12. The molecular formula is C27H24N4O4. The average Bonchev–Trinajstić information content (AvgIpc) is 3.40. The predicted molar refractivity (Wildman–Crippen MR) is 133 cm³/mol. The van der Waals surface area contributed by atoms with Crippen LogP contribution >= 0.6 is 0 Å². The number of carbonyl (C=O) groups excluding carboxylic acids is 2. The van der Waals surface area contributed by atoms with Gasteiger partial charge in [-0.1, -0.05) is 36.4 Å². The summed E-state index contributed by atoms with van der Waals surface area (Å²) in [6.07, 6.45) is 1.67. The second kappa shape index (κ2) is 9.52. The smallest absolute Gasteiger partial charge is 0.262 e. The maximum Gasteiger partial charge on any atom is 0.262 e. The normalized spacial score (nSPS) is 15.3. The summed E-state index contributed by atoms with van der Waals surface area (Å²) < 4.78 is 7.23. The molecule has 1 aliphatic heterocycles. The van der Waals surface area contributed by atoms with Crippen LogP contribution in [0.2, 0.25) is 0 Å². The Labute approximate surface area is 201 Å². The number of anilines is 1. The Morgan fingerprint density at radius 2 is 1.74 bits per heavy atom. The summed E-state index contributed by atoms with van der Waals surface area (Å²) >= 11 is 0. The van der Waals surface area contributed by atoms with Crippen LogP contribution < -0.4 is 16.6 Å². The van der Waals surface area contributed by atoms with Gasteiger partial charge >= 0.3 is 0 Å². The van der Waals surface area contributed by atoms with E-state index in [0.29, 0.717) is 35.2 Å². The zero-order valence-electron chi connectivity index (χ0n) is 18.9. The van der Waals surface area contributed by atoms with Crippen molar-refractivity contribution in [3.8, 4) is 11.1 Å². The van der Waals surface area contributed by atoms with Crippen molar-refractivity contribution in [1.82, 2.24) is 9.55 Å². The van der Waals surface area contributed by atoms with Crippen molar-refractivity contribution in [2.75, 3.05) is 11.9 Å². The van der Waals surface area contributed by atoms with Gasteiger partial charge in [0.2, 0.25) is 11.9 Å². The Bertz CT molecular complexity index is 1460. The van der Waals surface area contributed by atoms with E-state index in [1.54, 1.807) is 60.7 Å². The molecule has 3 aromatic carbocycles. The quantitative estimate of drug-likeness (QED) is 0.449. The highest BCUT2D eigenvalue weighted by molar-refractivity contribution is 6.03. The lowest BCUT2D eigenvalue weighted by Gasteiger charge is -2.17. The van der Waals surface area contributed by atoms with Crippen molar-refractivity contribution in [2.24, 2.45) is 5.73 Å². The van der Waals surface area contributed by atoms with E-state index in [1.807, 2.05) is 12.1 Å². The number of primary amides is 1. The molecule has 1 unspecified atom stereocenters. The topological polar surface area (TPSA) is 116 Å². The lowest BCUT2D eigenvalue weighted by molar-refractivity contribution is 0.0956. The van der Waals surface area contributed by atoms with Crippen molar-refractivity contribution in [3.63, 3.8) is 0 Å². The molecule has 0 aliphatic carbocycles. The van der Waals surface area contributed by atoms with E-state index in [4.69, 9.17) is 10.5 Å². The highest BCUT2D eigenvalue weighted by Gasteiger charge is 2.21. The van der Waals surface area contributed by atoms with E-state index in [-0.39, 0.29) is 23.5 Å². The summed E-state index contributed by atoms with van der Waals surface area (Å²) in [5.74, 6) is -0.675. The molecule has 2 amide bonds. The third-order valence-corrected chi connectivity index (χ3v) is 6.13. The van der Waals surface area contributed by atoms with Crippen LogP contribution in [0, 0.1) is 0 Å². The van der Waals surface area contributed by atoms with Crippen LogP contribution in [0.25, 0.3) is 22.0 Å². The maximum absolute atomic E-state index is 13.5. The first-order valence-corrected chi connectivity index (χ1v) is 11.4. The molecule has 4 aromatic rings. The molecule has 0 radical (unpaired) electrons. The molecule has 1 aromatic heterocycles. The molecule has 3 N–H and O–H groups in total. The molecule has 0 spiro atoms. The predicted octanol–water partition coefficient (Wildman–Crippen LogP) is 3.59. The van der Waals surface area contributed by atoms with Crippen LogP contribution in [0.15, 0.2) is 77.6 Å². The number of nitrogens with two attached hydrogens (primary N) is 1. The van der Waals surface area contributed by atoms with Crippen LogP contribution in [-0.4, -0.2) is 34.1 Å². The van der Waals surface area contributed by atoms with Gasteiger partial charge in [0.15, 0.2) is 0 Å². The number of nitrogens with one attached hydrogen (secondary N) is 1. The number of benzene rings is 3. The molecule has 8 nitrogen and oxygen atoms in total. The second-order valence-electron chi connectivity index (χ2n) is 8.48. The number of ether oxygens (including phenoxy) is 1. The summed E-state index contributed by atoms with van der Waals surface area (Å²) in [7, 11) is 0. The molecule has 1 saturated heterocycles. The molecule has 176 valence electrons. The van der Waals surface area contributed by atoms with Crippen LogP contribution in [0.1, 0.15) is 33.6 Å². The van der Waals surface area contributed by atoms with Crippen LogP contribution in [-0.2, 0) is 11.3 Å². The van der Waals surface area contributed by atoms with Gasteiger partial charge in [-0.2, -0.15) is 0 Å². The number of hydrogen-bond acceptors (Lipinski definition) is 5. The van der Waals surface area contributed by atoms with Crippen LogP contribution in [0.4, 0.5) is 5.95 Å². The Hall–Kier alpha value is -4.30. The van der Waals surface area contributed by atoms with E-state index in [1.165, 1.54) is 4.57 Å². The van der Waals surface area contributed by atoms with Crippen molar-refractivity contribution in [3.05, 3.63) is 94.3 Å². The van der Waals surface area contributed by atoms with Gasteiger partial charge < -0.3 is 10.5 Å². The Morgan fingerprint density at radius 1 is 1.00 bits per heavy atom. The van der Waals surface area contributed by atoms with Crippen molar-refractivity contribution < 1.29 is 14.3 Å². The number of nitrogens with zero attached hydrogens (tertiary/aromatic N) is 2. The molecule has 35 heavy (non-hydrogen) atoms. The van der Waals surface area contributed by atoms with E-state index >= 15 is 0 Å². The molecule has 1 atom stereocenters. The maximum atomic E-state index is 13.5. The Morgan fingerprint density at radius 3 is 2.43 bits per heavy atom. The third-order valence-electron chi connectivity index (χ3n) is 6.13. The standard InChI is InChI=1S/C27H24N4O4/c28-24(32)18-10-8-17(9-11-18)20-12-13-22-23(15-20)29-27(30-25(33)19-5-2-1-3-6-19)31(26(22)34)16-21-7-4-14-35-21/h1-3,5-6,8-13,15,21H,4,7,14,16H2,(H2,28,32)(H,29,30,33). The van der Waals surface area contributed by atoms with E-state index in [9.17, 15) is 14.4 Å². The molecule has 2 heterocycles. The van der Waals surface area contributed by atoms with Gasteiger partial charge in [-0.25, -0.2) is 4.98 Å². The van der Waals surface area contributed by atoms with E-state index in [0.717, 1.165) is 24.0 Å². The van der Waals surface area contributed by atoms with Crippen LogP contribution in [0.5, 0.6) is 0 Å². The minimum absolute atomic E-state index is 0.109. The SMILES string of the molecule is NC(=O)c1ccc(-c2ccc3c(=O)n(CC4CCCO4)c(NC(=O)c4ccccc4)nc3c2)cc1.